The lowest BCUT2D eigenvalue weighted by atomic mass is 9.73. The molecule has 2 fully saturated rings. The van der Waals surface area contributed by atoms with E-state index in [-0.39, 0.29) is 36.5 Å². The van der Waals surface area contributed by atoms with E-state index in [0.29, 0.717) is 47.0 Å². The Morgan fingerprint density at radius 1 is 0.392 bits per heavy atom. The second kappa shape index (κ2) is 21.9. The van der Waals surface area contributed by atoms with Crippen molar-refractivity contribution in [2.24, 2.45) is 0 Å². The summed E-state index contributed by atoms with van der Waals surface area (Å²) in [4.78, 5) is 83.9. The number of anilines is 4. The molecule has 8 aromatic carbocycles. The van der Waals surface area contributed by atoms with E-state index in [4.69, 9.17) is 0 Å². The number of aryl methyl sites for hydroxylation is 2. The Hall–Kier alpha value is -9.42. The summed E-state index contributed by atoms with van der Waals surface area (Å²) in [5.41, 5.74) is 5.61. The monoisotopic (exact) mass is 978 g/mol. The third-order valence-electron chi connectivity index (χ3n) is 13.5. The molecule has 0 aliphatic carbocycles. The van der Waals surface area contributed by atoms with E-state index in [1.165, 1.54) is 9.80 Å². The maximum absolute atomic E-state index is 14.3. The van der Waals surface area contributed by atoms with E-state index in [2.05, 4.69) is 21.3 Å². The number of nitrogens with zero attached hydrogens (tertiary/aromatic N) is 2. The van der Waals surface area contributed by atoms with Gasteiger partial charge in [0, 0.05) is 13.1 Å². The van der Waals surface area contributed by atoms with Gasteiger partial charge in [-0.3, -0.25) is 19.2 Å². The highest BCUT2D eigenvalue weighted by atomic mass is 16.2. The van der Waals surface area contributed by atoms with Crippen molar-refractivity contribution in [1.29, 1.82) is 0 Å². The van der Waals surface area contributed by atoms with Crippen LogP contribution in [0.15, 0.2) is 218 Å². The van der Waals surface area contributed by atoms with E-state index in [1.54, 1.807) is 24.3 Å². The molecule has 0 atom stereocenters. The molecule has 0 radical (unpaired) electrons. The van der Waals surface area contributed by atoms with E-state index in [1.807, 2.05) is 208 Å². The first-order valence-electron chi connectivity index (χ1n) is 24.3. The van der Waals surface area contributed by atoms with Crippen LogP contribution in [0.5, 0.6) is 0 Å². The number of imide groups is 2. The number of benzene rings is 8. The quantitative estimate of drug-likeness (QED) is 0.0893. The van der Waals surface area contributed by atoms with Gasteiger partial charge in [0.15, 0.2) is 0 Å². The van der Waals surface area contributed by atoms with Gasteiger partial charge in [-0.25, -0.2) is 19.4 Å². The molecule has 74 heavy (non-hydrogen) atoms. The van der Waals surface area contributed by atoms with E-state index >= 15 is 0 Å². The lowest BCUT2D eigenvalue weighted by molar-refractivity contribution is -0.124. The smallest absolute Gasteiger partial charge is 0.319 e. The zero-order valence-corrected chi connectivity index (χ0v) is 41.0. The predicted molar refractivity (Wildman–Crippen MR) is 289 cm³/mol. The van der Waals surface area contributed by atoms with Crippen LogP contribution in [0.4, 0.5) is 32.3 Å². The molecule has 2 heterocycles. The van der Waals surface area contributed by atoms with Crippen LogP contribution >= 0.6 is 0 Å². The molecule has 8 aromatic rings. The van der Waals surface area contributed by atoms with Gasteiger partial charge in [0.1, 0.15) is 10.8 Å². The van der Waals surface area contributed by atoms with Gasteiger partial charge in [-0.2, -0.15) is 0 Å². The van der Waals surface area contributed by atoms with Crippen LogP contribution in [0.25, 0.3) is 0 Å². The highest BCUT2D eigenvalue weighted by Crippen LogP contribution is 2.48. The molecule has 0 spiro atoms. The molecule has 0 bridgehead atoms. The zero-order chi connectivity index (χ0) is 51.7. The second-order valence-corrected chi connectivity index (χ2v) is 18.2. The van der Waals surface area contributed by atoms with Gasteiger partial charge in [0.25, 0.3) is 0 Å². The second-order valence-electron chi connectivity index (χ2n) is 18.2. The number of hydrogen-bond acceptors (Lipinski definition) is 6. The van der Waals surface area contributed by atoms with Crippen molar-refractivity contribution in [2.75, 3.05) is 20.4 Å². The van der Waals surface area contributed by atoms with Gasteiger partial charge in [-0.05, 0) is 70.5 Å². The summed E-state index contributed by atoms with van der Waals surface area (Å²) in [6.07, 6.45) is -0.0122. The first-order valence-corrected chi connectivity index (χ1v) is 24.3. The summed E-state index contributed by atoms with van der Waals surface area (Å²) in [5, 5.41) is 11.4. The van der Waals surface area contributed by atoms with Crippen molar-refractivity contribution >= 4 is 58.4 Å². The van der Waals surface area contributed by atoms with Crippen LogP contribution in [0.2, 0.25) is 0 Å². The average Bonchev–Trinajstić information content (AvgIpc) is 3.86. The number of hydrogen-bond donors (Lipinski definition) is 4. The SMILES string of the molecule is Cc1cccc(NC(=O)NCc2ccccc2)c1N1C(=O)CC(c2ccccc2)(c2ccccc2)C1=O.Cc1cccc(NC(=O)NCc2ccccc2)c1N1C(=O)CC(c2ccccc2)(c2ccccc2)C1=O. The molecule has 2 aliphatic heterocycles. The maximum Gasteiger partial charge on any atom is 0.319 e. The van der Waals surface area contributed by atoms with E-state index < -0.39 is 22.9 Å². The van der Waals surface area contributed by atoms with Gasteiger partial charge in [-0.1, -0.05) is 206 Å². The fraction of sp³-hybridized carbons (Fsp3) is 0.129. The summed E-state index contributed by atoms with van der Waals surface area (Å²) >= 11 is 0. The number of para-hydroxylation sites is 2. The fourth-order valence-corrected chi connectivity index (χ4v) is 9.95. The van der Waals surface area contributed by atoms with Crippen molar-refractivity contribution in [1.82, 2.24) is 10.6 Å². The molecular weight excluding hydrogens is 925 g/mol. The molecule has 4 N–H and O–H groups in total. The van der Waals surface area contributed by atoms with E-state index in [9.17, 15) is 28.8 Å². The molecule has 0 aromatic heterocycles. The maximum atomic E-state index is 14.3. The first kappa shape index (κ1) is 49.6. The Kier molecular flexibility index (Phi) is 14.7. The number of amides is 8. The normalized spacial score (nSPS) is 14.5. The molecule has 2 saturated heterocycles. The van der Waals surface area contributed by atoms with Crippen LogP contribution in [0.3, 0.4) is 0 Å². The van der Waals surface area contributed by atoms with E-state index in [0.717, 1.165) is 33.4 Å². The molecule has 12 nitrogen and oxygen atoms in total. The van der Waals surface area contributed by atoms with Crippen molar-refractivity contribution in [3.8, 4) is 0 Å². The van der Waals surface area contributed by atoms with Crippen molar-refractivity contribution in [3.05, 3.63) is 263 Å². The molecule has 12 heteroatoms. The number of nitrogens with one attached hydrogen (secondary N) is 4. The van der Waals surface area contributed by atoms with Crippen molar-refractivity contribution < 1.29 is 28.8 Å². The van der Waals surface area contributed by atoms with Gasteiger partial charge in [0.05, 0.1) is 35.6 Å². The van der Waals surface area contributed by atoms with Crippen molar-refractivity contribution in [3.63, 3.8) is 0 Å². The third kappa shape index (κ3) is 9.93. The van der Waals surface area contributed by atoms with Gasteiger partial charge >= 0.3 is 12.1 Å². The largest absolute Gasteiger partial charge is 0.334 e. The topological polar surface area (TPSA) is 157 Å². The third-order valence-corrected chi connectivity index (χ3v) is 13.5. The van der Waals surface area contributed by atoms with Gasteiger partial charge in [0.2, 0.25) is 23.6 Å². The highest BCUT2D eigenvalue weighted by Gasteiger charge is 2.56. The predicted octanol–water partition coefficient (Wildman–Crippen LogP) is 11.1. The summed E-state index contributed by atoms with van der Waals surface area (Å²) in [6, 6.07) is 66.6. The Balaban J connectivity index is 0.000000182. The molecule has 2 aliphatic rings. The molecule has 8 amide bonds. The van der Waals surface area contributed by atoms with Crippen LogP contribution in [0, 0.1) is 13.8 Å². The zero-order valence-electron chi connectivity index (χ0n) is 41.0. The molecule has 10 rings (SSSR count). The number of carbonyl (C=O) groups is 6. The number of rotatable bonds is 12. The Morgan fingerprint density at radius 3 is 0.973 bits per heavy atom. The molecular formula is C62H54N6O6. The summed E-state index contributed by atoms with van der Waals surface area (Å²) in [7, 11) is 0. The lowest BCUT2D eigenvalue weighted by Crippen LogP contribution is -2.40. The van der Waals surface area contributed by atoms with Crippen LogP contribution < -0.4 is 31.1 Å². The fourth-order valence-electron chi connectivity index (χ4n) is 9.95. The lowest BCUT2D eigenvalue weighted by Gasteiger charge is -2.29. The average molecular weight is 979 g/mol. The summed E-state index contributed by atoms with van der Waals surface area (Å²) in [5.74, 6) is -1.31. The highest BCUT2D eigenvalue weighted by molar-refractivity contribution is 6.29. The first-order chi connectivity index (χ1) is 36.0. The van der Waals surface area contributed by atoms with Crippen LogP contribution in [-0.2, 0) is 43.1 Å². The minimum absolute atomic E-state index is 0.00611. The van der Waals surface area contributed by atoms with Crippen LogP contribution in [0.1, 0.15) is 57.3 Å². The summed E-state index contributed by atoms with van der Waals surface area (Å²) < 4.78 is 0. The minimum Gasteiger partial charge on any atom is -0.334 e. The van der Waals surface area contributed by atoms with Crippen molar-refractivity contribution in [2.45, 2.75) is 50.6 Å². The molecule has 0 unspecified atom stereocenters. The Bertz CT molecular complexity index is 3020. The van der Waals surface area contributed by atoms with Gasteiger partial charge < -0.3 is 21.3 Å². The Labute approximate surface area is 430 Å². The minimum atomic E-state index is -1.16. The summed E-state index contributed by atoms with van der Waals surface area (Å²) in [6.45, 7) is 4.35. The van der Waals surface area contributed by atoms with Gasteiger partial charge in [-0.15, -0.1) is 0 Å². The molecule has 0 saturated carbocycles. The molecule has 368 valence electrons. The Morgan fingerprint density at radius 2 is 0.676 bits per heavy atom. The standard InChI is InChI=1S/2C31H27N3O3/c2*1-22-12-11-19-26(33-30(37)32-21-23-13-5-2-6-14-23)28(22)34-27(35)20-31(29(34)36,24-15-7-3-8-16-24)25-17-9-4-10-18-25/h2*2-19H,20-21H2,1H3,(H2,32,33,37). The van der Waals surface area contributed by atoms with Crippen LogP contribution in [-0.4, -0.2) is 35.7 Å². The number of carbonyl (C=O) groups excluding carboxylic acids is 6. The number of urea groups is 2.